The van der Waals surface area contributed by atoms with E-state index in [1.807, 2.05) is 0 Å². The van der Waals surface area contributed by atoms with E-state index in [0.29, 0.717) is 16.5 Å². The highest BCUT2D eigenvalue weighted by Gasteiger charge is 2.30. The van der Waals surface area contributed by atoms with Crippen molar-refractivity contribution in [2.45, 2.75) is 6.18 Å². The molecule has 0 radical (unpaired) electrons. The first-order valence-corrected chi connectivity index (χ1v) is 6.00. The number of nitrogens with one attached hydrogen (secondary N) is 1. The molecule has 8 heteroatoms. The van der Waals surface area contributed by atoms with E-state index in [1.165, 1.54) is 29.7 Å². The van der Waals surface area contributed by atoms with Crippen molar-refractivity contribution in [1.82, 2.24) is 4.98 Å². The van der Waals surface area contributed by atoms with Gasteiger partial charge in [-0.3, -0.25) is 5.43 Å². The van der Waals surface area contributed by atoms with Gasteiger partial charge < -0.3 is 5.73 Å². The highest BCUT2D eigenvalue weighted by atomic mass is 32.1. The molecular formula is C11H9F3N4S. The van der Waals surface area contributed by atoms with Crippen LogP contribution in [0.15, 0.2) is 34.7 Å². The molecule has 19 heavy (non-hydrogen) atoms. The molecule has 0 saturated heterocycles. The summed E-state index contributed by atoms with van der Waals surface area (Å²) >= 11 is 1.25. The van der Waals surface area contributed by atoms with Gasteiger partial charge in [0.1, 0.15) is 5.82 Å². The molecule has 0 spiro atoms. The Balaban J connectivity index is 2.07. The first-order valence-electron chi connectivity index (χ1n) is 5.12. The second-order valence-electron chi connectivity index (χ2n) is 3.57. The van der Waals surface area contributed by atoms with Gasteiger partial charge in [0.15, 0.2) is 0 Å². The van der Waals surface area contributed by atoms with Gasteiger partial charge in [0.25, 0.3) is 0 Å². The van der Waals surface area contributed by atoms with Gasteiger partial charge in [0.2, 0.25) is 5.13 Å². The molecule has 0 saturated carbocycles. The van der Waals surface area contributed by atoms with Crippen molar-refractivity contribution >= 4 is 28.5 Å². The molecule has 1 heterocycles. The van der Waals surface area contributed by atoms with Crippen molar-refractivity contribution in [3.05, 3.63) is 40.8 Å². The summed E-state index contributed by atoms with van der Waals surface area (Å²) in [7, 11) is 0. The van der Waals surface area contributed by atoms with E-state index in [1.54, 1.807) is 5.38 Å². The summed E-state index contributed by atoms with van der Waals surface area (Å²) in [5.74, 6) is 0.363. The smallest absolute Gasteiger partial charge is 0.383 e. The van der Waals surface area contributed by atoms with Crippen molar-refractivity contribution in [3.63, 3.8) is 0 Å². The average Bonchev–Trinajstić information content (AvgIpc) is 2.74. The fraction of sp³-hybridized carbons (Fsp3) is 0.0909. The fourth-order valence-electron chi connectivity index (χ4n) is 1.29. The predicted octanol–water partition coefficient (Wildman–Crippen LogP) is 3.19. The average molecular weight is 286 g/mol. The van der Waals surface area contributed by atoms with Crippen LogP contribution >= 0.6 is 11.3 Å². The number of hydrazone groups is 1. The van der Waals surface area contributed by atoms with Crippen molar-refractivity contribution in [3.8, 4) is 0 Å². The number of rotatable bonds is 3. The third-order valence-electron chi connectivity index (χ3n) is 2.11. The van der Waals surface area contributed by atoms with Gasteiger partial charge in [-0.25, -0.2) is 4.98 Å². The van der Waals surface area contributed by atoms with Gasteiger partial charge in [-0.1, -0.05) is 12.1 Å². The fourth-order valence-corrected chi connectivity index (χ4v) is 1.84. The zero-order chi connectivity index (χ0) is 13.9. The molecule has 0 bridgehead atoms. The lowest BCUT2D eigenvalue weighted by molar-refractivity contribution is -0.137. The van der Waals surface area contributed by atoms with Crippen LogP contribution in [0.1, 0.15) is 11.1 Å². The number of nitrogen functional groups attached to an aromatic ring is 1. The lowest BCUT2D eigenvalue weighted by Crippen LogP contribution is -2.05. The van der Waals surface area contributed by atoms with Crippen molar-refractivity contribution in [2.24, 2.45) is 5.10 Å². The Kier molecular flexibility index (Phi) is 3.70. The van der Waals surface area contributed by atoms with E-state index >= 15 is 0 Å². The van der Waals surface area contributed by atoms with Crippen LogP contribution in [0, 0.1) is 0 Å². The third-order valence-corrected chi connectivity index (χ3v) is 2.87. The third kappa shape index (κ3) is 3.68. The summed E-state index contributed by atoms with van der Waals surface area (Å²) in [6.45, 7) is 0. The molecular weight excluding hydrogens is 277 g/mol. The Morgan fingerprint density at radius 3 is 2.79 bits per heavy atom. The lowest BCUT2D eigenvalue weighted by atomic mass is 10.1. The number of nitrogens with two attached hydrogens (primary N) is 1. The van der Waals surface area contributed by atoms with Gasteiger partial charge >= 0.3 is 6.18 Å². The summed E-state index contributed by atoms with van der Waals surface area (Å²) in [4.78, 5) is 3.89. The molecule has 0 unspecified atom stereocenters. The number of nitrogens with zero attached hydrogens (tertiary/aromatic N) is 2. The van der Waals surface area contributed by atoms with Crippen LogP contribution in [0.4, 0.5) is 24.1 Å². The second-order valence-corrected chi connectivity index (χ2v) is 4.43. The SMILES string of the molecule is Nc1csc(NN=Cc2cccc(C(F)(F)F)c2)n1. The predicted molar refractivity (Wildman–Crippen MR) is 69.2 cm³/mol. The Bertz CT molecular complexity index is 592. The maximum atomic E-state index is 12.5. The second kappa shape index (κ2) is 5.27. The zero-order valence-corrected chi connectivity index (χ0v) is 10.3. The molecule has 0 aliphatic carbocycles. The topological polar surface area (TPSA) is 63.3 Å². The van der Waals surface area contributed by atoms with Crippen molar-refractivity contribution < 1.29 is 13.2 Å². The Labute approximate surface area is 110 Å². The maximum absolute atomic E-state index is 12.5. The number of halogens is 3. The van der Waals surface area contributed by atoms with E-state index < -0.39 is 11.7 Å². The molecule has 0 amide bonds. The summed E-state index contributed by atoms with van der Waals surface area (Å²) in [6, 6.07) is 4.87. The minimum atomic E-state index is -4.36. The van der Waals surface area contributed by atoms with Gasteiger partial charge in [-0.15, -0.1) is 11.3 Å². The number of hydrogen-bond acceptors (Lipinski definition) is 5. The molecule has 2 rings (SSSR count). The Morgan fingerprint density at radius 2 is 2.16 bits per heavy atom. The van der Waals surface area contributed by atoms with E-state index in [4.69, 9.17) is 5.73 Å². The number of benzene rings is 1. The van der Waals surface area contributed by atoms with Crippen LogP contribution < -0.4 is 11.2 Å². The monoisotopic (exact) mass is 286 g/mol. The Morgan fingerprint density at radius 1 is 1.37 bits per heavy atom. The number of thiazole rings is 1. The molecule has 0 aliphatic heterocycles. The molecule has 1 aromatic heterocycles. The number of hydrogen-bond donors (Lipinski definition) is 2. The summed E-state index contributed by atoms with van der Waals surface area (Å²) in [5, 5.41) is 5.90. The number of alkyl halides is 3. The van der Waals surface area contributed by atoms with Crippen LogP contribution in [0.25, 0.3) is 0 Å². The molecule has 0 atom stereocenters. The molecule has 4 nitrogen and oxygen atoms in total. The maximum Gasteiger partial charge on any atom is 0.416 e. The van der Waals surface area contributed by atoms with E-state index in [0.717, 1.165) is 12.1 Å². The Hall–Kier alpha value is -2.09. The number of anilines is 2. The highest BCUT2D eigenvalue weighted by molar-refractivity contribution is 7.14. The minimum Gasteiger partial charge on any atom is -0.383 e. The molecule has 0 fully saturated rings. The first kappa shape index (κ1) is 13.3. The molecule has 2 aromatic rings. The lowest BCUT2D eigenvalue weighted by Gasteiger charge is -2.06. The molecule has 0 aliphatic rings. The van der Waals surface area contributed by atoms with Gasteiger partial charge in [-0.05, 0) is 17.7 Å². The van der Waals surface area contributed by atoms with Gasteiger partial charge in [-0.2, -0.15) is 18.3 Å². The molecule has 3 N–H and O–H groups in total. The zero-order valence-electron chi connectivity index (χ0n) is 9.48. The standard InChI is InChI=1S/C11H9F3N4S/c12-11(13,14)8-3-1-2-7(4-8)5-16-18-10-17-9(15)6-19-10/h1-6H,15H2,(H,17,18). The van der Waals surface area contributed by atoms with Crippen LogP contribution in [0.3, 0.4) is 0 Å². The van der Waals surface area contributed by atoms with E-state index in [9.17, 15) is 13.2 Å². The van der Waals surface area contributed by atoms with Gasteiger partial charge in [0.05, 0.1) is 11.8 Å². The molecule has 100 valence electrons. The summed E-state index contributed by atoms with van der Waals surface area (Å²) in [5.41, 5.74) is 7.63. The first-order chi connectivity index (χ1) is 8.95. The molecule has 1 aromatic carbocycles. The minimum absolute atomic E-state index is 0.340. The van der Waals surface area contributed by atoms with Crippen LogP contribution in [-0.4, -0.2) is 11.2 Å². The van der Waals surface area contributed by atoms with Crippen LogP contribution in [0.2, 0.25) is 0 Å². The largest absolute Gasteiger partial charge is 0.416 e. The van der Waals surface area contributed by atoms with Crippen molar-refractivity contribution in [2.75, 3.05) is 11.2 Å². The normalized spacial score (nSPS) is 11.9. The summed E-state index contributed by atoms with van der Waals surface area (Å²) < 4.78 is 37.4. The van der Waals surface area contributed by atoms with E-state index in [2.05, 4.69) is 15.5 Å². The number of aromatic nitrogens is 1. The summed E-state index contributed by atoms with van der Waals surface area (Å²) in [6.07, 6.45) is -3.08. The van der Waals surface area contributed by atoms with E-state index in [-0.39, 0.29) is 0 Å². The highest BCUT2D eigenvalue weighted by Crippen LogP contribution is 2.29. The van der Waals surface area contributed by atoms with Crippen LogP contribution in [0.5, 0.6) is 0 Å². The van der Waals surface area contributed by atoms with Gasteiger partial charge in [0, 0.05) is 5.38 Å². The van der Waals surface area contributed by atoms with Crippen molar-refractivity contribution in [1.29, 1.82) is 0 Å². The quantitative estimate of drug-likeness (QED) is 0.673. The van der Waals surface area contributed by atoms with Crippen LogP contribution in [-0.2, 0) is 6.18 Å².